The topological polar surface area (TPSA) is 75.4 Å². The van der Waals surface area contributed by atoms with E-state index in [0.717, 1.165) is 5.76 Å². The predicted octanol–water partition coefficient (Wildman–Crippen LogP) is 1.50. The summed E-state index contributed by atoms with van der Waals surface area (Å²) in [5.74, 6) is 0.528. The number of nitrogens with zero attached hydrogens (tertiary/aromatic N) is 1. The lowest BCUT2D eigenvalue weighted by Gasteiger charge is -2.15. The molecule has 0 fully saturated rings. The van der Waals surface area contributed by atoms with Crippen molar-refractivity contribution in [2.24, 2.45) is 0 Å². The molecule has 1 aromatic rings. The van der Waals surface area contributed by atoms with Crippen molar-refractivity contribution in [2.45, 2.75) is 39.3 Å². The van der Waals surface area contributed by atoms with Crippen LogP contribution in [0, 0.1) is 6.92 Å². The van der Waals surface area contributed by atoms with Crippen LogP contribution in [0.2, 0.25) is 0 Å². The van der Waals surface area contributed by atoms with E-state index in [1.165, 1.54) is 0 Å². The molecule has 0 saturated heterocycles. The lowest BCUT2D eigenvalue weighted by atomic mass is 10.2. The van der Waals surface area contributed by atoms with Crippen molar-refractivity contribution in [3.63, 3.8) is 0 Å². The second-order valence-corrected chi connectivity index (χ2v) is 3.70. The zero-order valence-electron chi connectivity index (χ0n) is 9.15. The quantitative estimate of drug-likeness (QED) is 0.773. The monoisotopic (exact) mass is 212 g/mol. The van der Waals surface area contributed by atoms with E-state index >= 15 is 0 Å². The third kappa shape index (κ3) is 3.71. The maximum Gasteiger partial charge on any atom is 0.304 e. The number of hydrogen-bond acceptors (Lipinski definition) is 4. The number of aromatic nitrogens is 1. The van der Waals surface area contributed by atoms with Crippen LogP contribution in [-0.2, 0) is 4.79 Å². The molecule has 0 aliphatic carbocycles. The molecular formula is C10H16N2O3. The van der Waals surface area contributed by atoms with Crippen molar-refractivity contribution in [2.75, 3.05) is 0 Å². The molecule has 5 nitrogen and oxygen atoms in total. The second-order valence-electron chi connectivity index (χ2n) is 3.70. The fourth-order valence-corrected chi connectivity index (χ4v) is 1.39. The molecule has 1 heterocycles. The molecule has 0 spiro atoms. The van der Waals surface area contributed by atoms with Crippen LogP contribution in [0.25, 0.3) is 0 Å². The van der Waals surface area contributed by atoms with Crippen LogP contribution in [-0.4, -0.2) is 22.1 Å². The van der Waals surface area contributed by atoms with Gasteiger partial charge in [0.25, 0.3) is 0 Å². The molecule has 5 heteroatoms. The Labute approximate surface area is 88.5 Å². The van der Waals surface area contributed by atoms with Crippen LogP contribution in [0.3, 0.4) is 0 Å². The summed E-state index contributed by atoms with van der Waals surface area (Å²) in [6.45, 7) is 5.54. The minimum absolute atomic E-state index is 0.0759. The predicted molar refractivity (Wildman–Crippen MR) is 54.5 cm³/mol. The first-order chi connectivity index (χ1) is 6.99. The van der Waals surface area contributed by atoms with Crippen molar-refractivity contribution >= 4 is 5.97 Å². The van der Waals surface area contributed by atoms with Crippen molar-refractivity contribution in [3.8, 4) is 0 Å². The summed E-state index contributed by atoms with van der Waals surface area (Å²) in [4.78, 5) is 14.5. The van der Waals surface area contributed by atoms with Crippen molar-refractivity contribution in [3.05, 3.63) is 17.8 Å². The molecule has 0 radical (unpaired) electrons. The van der Waals surface area contributed by atoms with Gasteiger partial charge in [-0.2, -0.15) is 0 Å². The average molecular weight is 212 g/mol. The smallest absolute Gasteiger partial charge is 0.304 e. The molecule has 0 amide bonds. The van der Waals surface area contributed by atoms with E-state index < -0.39 is 5.97 Å². The normalized spacial score (nSPS) is 14.9. The van der Waals surface area contributed by atoms with Crippen LogP contribution in [0.15, 0.2) is 10.6 Å². The first kappa shape index (κ1) is 11.7. The highest BCUT2D eigenvalue weighted by molar-refractivity contribution is 5.67. The third-order valence-electron chi connectivity index (χ3n) is 2.02. The van der Waals surface area contributed by atoms with Gasteiger partial charge < -0.3 is 14.8 Å². The van der Waals surface area contributed by atoms with Gasteiger partial charge in [-0.05, 0) is 20.8 Å². The molecule has 0 aromatic carbocycles. The highest BCUT2D eigenvalue weighted by atomic mass is 16.4. The molecule has 2 unspecified atom stereocenters. The van der Waals surface area contributed by atoms with Crippen LogP contribution < -0.4 is 5.32 Å². The fourth-order valence-electron chi connectivity index (χ4n) is 1.39. The zero-order chi connectivity index (χ0) is 11.4. The molecule has 15 heavy (non-hydrogen) atoms. The van der Waals surface area contributed by atoms with Gasteiger partial charge in [0.1, 0.15) is 5.76 Å². The number of carboxylic acid groups (broad SMARTS) is 1. The molecule has 0 saturated carbocycles. The third-order valence-corrected chi connectivity index (χ3v) is 2.02. The highest BCUT2D eigenvalue weighted by Gasteiger charge is 2.15. The van der Waals surface area contributed by atoms with Gasteiger partial charge in [-0.15, -0.1) is 0 Å². The number of carboxylic acids is 1. The molecule has 2 atom stereocenters. The lowest BCUT2D eigenvalue weighted by molar-refractivity contribution is -0.137. The molecule has 0 aliphatic rings. The minimum atomic E-state index is -0.814. The largest absolute Gasteiger partial charge is 0.481 e. The number of aryl methyl sites for hydroxylation is 1. The van der Waals surface area contributed by atoms with Gasteiger partial charge >= 0.3 is 5.97 Å². The van der Waals surface area contributed by atoms with Gasteiger partial charge in [-0.25, -0.2) is 4.98 Å². The van der Waals surface area contributed by atoms with E-state index in [2.05, 4.69) is 10.3 Å². The first-order valence-electron chi connectivity index (χ1n) is 4.89. The summed E-state index contributed by atoms with van der Waals surface area (Å²) in [6.07, 6.45) is 1.74. The first-order valence-corrected chi connectivity index (χ1v) is 4.89. The van der Waals surface area contributed by atoms with Gasteiger partial charge in [-0.1, -0.05) is 0 Å². The summed E-state index contributed by atoms with van der Waals surface area (Å²) in [5.41, 5.74) is 0. The van der Waals surface area contributed by atoms with E-state index in [0.29, 0.717) is 5.89 Å². The van der Waals surface area contributed by atoms with Crippen LogP contribution in [0.5, 0.6) is 0 Å². The number of rotatable bonds is 5. The Morgan fingerprint density at radius 3 is 2.80 bits per heavy atom. The molecular weight excluding hydrogens is 196 g/mol. The number of hydrogen-bond donors (Lipinski definition) is 2. The Balaban J connectivity index is 2.48. The summed E-state index contributed by atoms with van der Waals surface area (Å²) >= 11 is 0. The summed E-state index contributed by atoms with van der Waals surface area (Å²) in [5, 5.41) is 11.7. The maximum absolute atomic E-state index is 10.5. The second kappa shape index (κ2) is 4.93. The van der Waals surface area contributed by atoms with Gasteiger partial charge in [0.05, 0.1) is 18.7 Å². The van der Waals surface area contributed by atoms with Crippen LogP contribution >= 0.6 is 0 Å². The number of carbonyl (C=O) groups is 1. The Morgan fingerprint density at radius 2 is 2.33 bits per heavy atom. The van der Waals surface area contributed by atoms with Crippen molar-refractivity contribution in [1.82, 2.24) is 10.3 Å². The standard InChI is InChI=1S/C10H16N2O3/c1-6(4-9(13)14)12-8(3)10-11-5-7(2)15-10/h5-6,8,12H,4H2,1-3H3,(H,13,14). The Bertz CT molecular complexity index is 335. The lowest BCUT2D eigenvalue weighted by Crippen LogP contribution is -2.31. The minimum Gasteiger partial charge on any atom is -0.481 e. The maximum atomic E-state index is 10.5. The summed E-state index contributed by atoms with van der Waals surface area (Å²) in [7, 11) is 0. The molecule has 0 aliphatic heterocycles. The van der Waals surface area contributed by atoms with Gasteiger partial charge in [0.15, 0.2) is 0 Å². The molecule has 84 valence electrons. The number of oxazole rings is 1. The number of aliphatic carboxylic acids is 1. The van der Waals surface area contributed by atoms with E-state index in [1.807, 2.05) is 20.8 Å². The molecule has 2 N–H and O–H groups in total. The average Bonchev–Trinajstić information content (AvgIpc) is 2.49. The highest BCUT2D eigenvalue weighted by Crippen LogP contribution is 2.13. The SMILES string of the molecule is Cc1cnc(C(C)NC(C)CC(=O)O)o1. The molecule has 1 rings (SSSR count). The molecule has 0 bridgehead atoms. The number of nitrogens with one attached hydrogen (secondary N) is 1. The van der Waals surface area contributed by atoms with Gasteiger partial charge in [0, 0.05) is 6.04 Å². The van der Waals surface area contributed by atoms with E-state index in [4.69, 9.17) is 9.52 Å². The summed E-state index contributed by atoms with van der Waals surface area (Å²) in [6, 6.07) is -0.183. The zero-order valence-corrected chi connectivity index (χ0v) is 9.15. The van der Waals surface area contributed by atoms with Gasteiger partial charge in [0.2, 0.25) is 5.89 Å². The Hall–Kier alpha value is -1.36. The van der Waals surface area contributed by atoms with E-state index in [9.17, 15) is 4.79 Å². The van der Waals surface area contributed by atoms with Crippen molar-refractivity contribution < 1.29 is 14.3 Å². The molecule has 1 aromatic heterocycles. The van der Waals surface area contributed by atoms with Crippen LogP contribution in [0.1, 0.15) is 38.0 Å². The summed E-state index contributed by atoms with van der Waals surface area (Å²) < 4.78 is 5.33. The Morgan fingerprint density at radius 1 is 1.67 bits per heavy atom. The Kier molecular flexibility index (Phi) is 3.85. The van der Waals surface area contributed by atoms with Crippen LogP contribution in [0.4, 0.5) is 0 Å². The van der Waals surface area contributed by atoms with Crippen molar-refractivity contribution in [1.29, 1.82) is 0 Å². The fraction of sp³-hybridized carbons (Fsp3) is 0.600. The van der Waals surface area contributed by atoms with E-state index in [-0.39, 0.29) is 18.5 Å². The van der Waals surface area contributed by atoms with E-state index in [1.54, 1.807) is 6.20 Å². The van der Waals surface area contributed by atoms with Gasteiger partial charge in [-0.3, -0.25) is 4.79 Å².